The molecule has 2 heterocycles. The number of aliphatic hydroxyl groups is 1. The van der Waals surface area contributed by atoms with Crippen LogP contribution in [0.2, 0.25) is 0 Å². The lowest BCUT2D eigenvalue weighted by Crippen LogP contribution is -2.71. The molecule has 8 heteroatoms. The van der Waals surface area contributed by atoms with E-state index in [-0.39, 0.29) is 47.9 Å². The van der Waals surface area contributed by atoms with E-state index in [9.17, 15) is 14.7 Å². The topological polar surface area (TPSA) is 94.5 Å². The average molecular weight is 514 g/mol. The van der Waals surface area contributed by atoms with Gasteiger partial charge in [0.15, 0.2) is 17.6 Å². The minimum atomic E-state index is -1.29. The summed E-state index contributed by atoms with van der Waals surface area (Å²) in [7, 11) is 3.12. The summed E-state index contributed by atoms with van der Waals surface area (Å²) in [6.45, 7) is 5.69. The predicted molar refractivity (Wildman–Crippen MR) is 136 cm³/mol. The van der Waals surface area contributed by atoms with Crippen molar-refractivity contribution < 1.29 is 33.6 Å². The molecule has 0 amide bonds. The van der Waals surface area contributed by atoms with Gasteiger partial charge in [0.2, 0.25) is 0 Å². The normalized spacial score (nSPS) is 33.4. The van der Waals surface area contributed by atoms with Crippen molar-refractivity contribution >= 4 is 11.9 Å². The number of nitrogens with zero attached hydrogens (tertiary/aromatic N) is 1. The molecule has 37 heavy (non-hydrogen) atoms. The second kappa shape index (κ2) is 10.3. The van der Waals surface area contributed by atoms with Crippen LogP contribution in [-0.2, 0) is 25.5 Å². The summed E-state index contributed by atoms with van der Waals surface area (Å²) in [6, 6.07) is 5.34. The highest BCUT2D eigenvalue weighted by atomic mass is 16.6. The molecule has 8 nitrogen and oxygen atoms in total. The maximum Gasteiger partial charge on any atom is 0.335 e. The predicted octanol–water partition coefficient (Wildman–Crippen LogP) is 3.29. The van der Waals surface area contributed by atoms with Crippen LogP contribution in [-0.4, -0.2) is 73.1 Å². The zero-order valence-corrected chi connectivity index (χ0v) is 22.3. The number of hydrogen-bond acceptors (Lipinski definition) is 8. The largest absolute Gasteiger partial charge is 0.493 e. The molecule has 3 fully saturated rings. The van der Waals surface area contributed by atoms with E-state index >= 15 is 0 Å². The molecule has 2 aliphatic carbocycles. The van der Waals surface area contributed by atoms with Crippen molar-refractivity contribution in [2.75, 3.05) is 27.3 Å². The fraction of sp³-hybridized carbons (Fsp3) is 0.655. The van der Waals surface area contributed by atoms with Crippen LogP contribution in [0, 0.1) is 17.8 Å². The first-order valence-electron chi connectivity index (χ1n) is 13.5. The number of methoxy groups -OCH3 is 2. The molecule has 4 aliphatic rings. The summed E-state index contributed by atoms with van der Waals surface area (Å²) in [6.07, 6.45) is 5.18. The van der Waals surface area contributed by atoms with Gasteiger partial charge in [-0.05, 0) is 67.8 Å². The molecular formula is C29H39NO7. The smallest absolute Gasteiger partial charge is 0.335 e. The van der Waals surface area contributed by atoms with Gasteiger partial charge < -0.3 is 24.1 Å². The van der Waals surface area contributed by atoms with Gasteiger partial charge in [0.25, 0.3) is 0 Å². The fourth-order valence-corrected chi connectivity index (χ4v) is 7.72. The van der Waals surface area contributed by atoms with Gasteiger partial charge in [-0.2, -0.15) is 0 Å². The Bertz CT molecular complexity index is 1070. The van der Waals surface area contributed by atoms with E-state index in [0.29, 0.717) is 17.9 Å². The van der Waals surface area contributed by atoms with Gasteiger partial charge in [0.1, 0.15) is 12.2 Å². The van der Waals surface area contributed by atoms with E-state index in [4.69, 9.17) is 18.9 Å². The Labute approximate surface area is 218 Å². The van der Waals surface area contributed by atoms with E-state index in [1.54, 1.807) is 26.4 Å². The molecule has 1 aromatic carbocycles. The first-order valence-corrected chi connectivity index (χ1v) is 13.5. The molecule has 5 rings (SSSR count). The fourth-order valence-electron chi connectivity index (χ4n) is 7.72. The van der Waals surface area contributed by atoms with Gasteiger partial charge in [-0.25, -0.2) is 4.79 Å². The van der Waals surface area contributed by atoms with Gasteiger partial charge in [0, 0.05) is 37.3 Å². The van der Waals surface area contributed by atoms with E-state index in [1.165, 1.54) is 12.5 Å². The van der Waals surface area contributed by atoms with Crippen LogP contribution in [0.3, 0.4) is 0 Å². The monoisotopic (exact) mass is 513 g/mol. The Balaban J connectivity index is 1.38. The molecule has 1 aromatic rings. The highest BCUT2D eigenvalue weighted by Crippen LogP contribution is 2.59. The first-order chi connectivity index (χ1) is 17.8. The number of benzene rings is 1. The molecule has 0 aromatic heterocycles. The van der Waals surface area contributed by atoms with Crippen molar-refractivity contribution in [1.29, 1.82) is 0 Å². The van der Waals surface area contributed by atoms with Crippen LogP contribution in [0.5, 0.6) is 11.5 Å². The quantitative estimate of drug-likeness (QED) is 0.439. The summed E-state index contributed by atoms with van der Waals surface area (Å²) < 4.78 is 22.6. The highest BCUT2D eigenvalue weighted by Gasteiger charge is 2.63. The zero-order valence-electron chi connectivity index (χ0n) is 22.3. The molecule has 0 radical (unpaired) electrons. The second-order valence-electron chi connectivity index (χ2n) is 11.1. The number of aliphatic hydroxyl groups excluding tert-OH is 1. The molecule has 1 spiro atoms. The second-order valence-corrected chi connectivity index (χ2v) is 11.1. The highest BCUT2D eigenvalue weighted by molar-refractivity contribution is 5.75. The van der Waals surface area contributed by atoms with Crippen molar-refractivity contribution in [2.45, 2.75) is 76.2 Å². The lowest BCUT2D eigenvalue weighted by molar-refractivity contribution is -0.189. The molecule has 1 N–H and O–H groups in total. The Hall–Kier alpha value is -2.58. The molecule has 1 saturated heterocycles. The molecule has 2 saturated carbocycles. The summed E-state index contributed by atoms with van der Waals surface area (Å²) >= 11 is 0. The van der Waals surface area contributed by atoms with Crippen LogP contribution < -0.4 is 9.47 Å². The third-order valence-corrected chi connectivity index (χ3v) is 9.03. The van der Waals surface area contributed by atoms with Crippen LogP contribution in [0.15, 0.2) is 29.8 Å². The van der Waals surface area contributed by atoms with Crippen LogP contribution >= 0.6 is 0 Å². The number of piperidine rings is 1. The maximum atomic E-state index is 13.2. The van der Waals surface area contributed by atoms with Crippen molar-refractivity contribution in [2.24, 2.45) is 17.8 Å². The summed E-state index contributed by atoms with van der Waals surface area (Å²) in [5.41, 5.74) is 1.98. The average Bonchev–Trinajstić information content (AvgIpc) is 2.87. The Kier molecular flexibility index (Phi) is 7.24. The minimum absolute atomic E-state index is 0.0191. The van der Waals surface area contributed by atoms with Gasteiger partial charge in [-0.15, -0.1) is 0 Å². The number of ether oxygens (including phenoxy) is 4. The zero-order chi connectivity index (χ0) is 26.3. The summed E-state index contributed by atoms with van der Waals surface area (Å²) in [5, 5.41) is 10.8. The Morgan fingerprint density at radius 2 is 1.95 bits per heavy atom. The molecule has 202 valence electrons. The van der Waals surface area contributed by atoms with Crippen molar-refractivity contribution in [1.82, 2.24) is 4.90 Å². The summed E-state index contributed by atoms with van der Waals surface area (Å²) in [4.78, 5) is 27.8. The molecular weight excluding hydrogens is 474 g/mol. The number of carbonyl (C=O) groups excluding carboxylic acids is 2. The number of esters is 2. The van der Waals surface area contributed by atoms with Crippen molar-refractivity contribution in [3.63, 3.8) is 0 Å². The van der Waals surface area contributed by atoms with Crippen molar-refractivity contribution in [3.05, 3.63) is 35.4 Å². The Morgan fingerprint density at radius 3 is 2.68 bits per heavy atom. The maximum absolute atomic E-state index is 13.2. The van der Waals surface area contributed by atoms with Crippen molar-refractivity contribution in [3.8, 4) is 11.5 Å². The van der Waals surface area contributed by atoms with Gasteiger partial charge in [-0.1, -0.05) is 19.1 Å². The lowest BCUT2D eigenvalue weighted by Gasteiger charge is -2.65. The van der Waals surface area contributed by atoms with Crippen LogP contribution in [0.25, 0.3) is 0 Å². The first kappa shape index (κ1) is 26.0. The number of rotatable bonds is 7. The molecule has 1 unspecified atom stereocenters. The van der Waals surface area contributed by atoms with E-state index in [1.807, 2.05) is 6.07 Å². The number of hydrogen-bond donors (Lipinski definition) is 1. The van der Waals surface area contributed by atoms with E-state index in [0.717, 1.165) is 44.3 Å². The molecule has 7 atom stereocenters. The van der Waals surface area contributed by atoms with Gasteiger partial charge in [-0.3, -0.25) is 9.69 Å². The van der Waals surface area contributed by atoms with E-state index in [2.05, 4.69) is 17.9 Å². The molecule has 2 aliphatic heterocycles. The SMILES string of the molecule is COc1ccc(CC(O)C(=O)O[C@H]2C[C@@H]3C4=CCCN5CCC[C@@H]2[C@@]45C[C@@H](C)[C@H]3OC(C)=O)cc1OC. The van der Waals surface area contributed by atoms with Crippen LogP contribution in [0.1, 0.15) is 51.5 Å². The van der Waals surface area contributed by atoms with Gasteiger partial charge >= 0.3 is 11.9 Å². The minimum Gasteiger partial charge on any atom is -0.493 e. The summed E-state index contributed by atoms with van der Waals surface area (Å²) in [5.74, 6) is 0.667. The Morgan fingerprint density at radius 1 is 1.16 bits per heavy atom. The third-order valence-electron chi connectivity index (χ3n) is 9.03. The third kappa shape index (κ3) is 4.52. The number of carbonyl (C=O) groups is 2. The standard InChI is InChI=1S/C29H39NO7/c1-17-16-29-21-7-5-11-30(29)12-6-8-22(29)25(15-20(21)27(17)36-18(2)31)37-28(33)23(32)13-19-9-10-24(34-3)26(14-19)35-4/h7,9-10,14,17,20,22-23,25,27,32H,5-6,8,11-13,15-16H2,1-4H3/t17-,20-,22+,23?,25+,27-,29-/m1/s1. The van der Waals surface area contributed by atoms with Crippen LogP contribution in [0.4, 0.5) is 0 Å². The van der Waals surface area contributed by atoms with E-state index < -0.39 is 12.1 Å². The lowest BCUT2D eigenvalue weighted by atomic mass is 9.51. The molecule has 2 bridgehead atoms. The van der Waals surface area contributed by atoms with Gasteiger partial charge in [0.05, 0.1) is 14.2 Å².